The fourth-order valence-corrected chi connectivity index (χ4v) is 2.08. The van der Waals surface area contributed by atoms with Gasteiger partial charge in [0, 0.05) is 18.0 Å². The van der Waals surface area contributed by atoms with Crippen LogP contribution in [0.1, 0.15) is 11.4 Å². The first kappa shape index (κ1) is 14.2. The van der Waals surface area contributed by atoms with Gasteiger partial charge < -0.3 is 10.1 Å². The zero-order valence-corrected chi connectivity index (χ0v) is 11.9. The third kappa shape index (κ3) is 4.47. The Balaban J connectivity index is 1.84. The number of aromatic nitrogens is 2. The van der Waals surface area contributed by atoms with E-state index in [1.165, 1.54) is 18.6 Å². The van der Waals surface area contributed by atoms with Gasteiger partial charge in [-0.05, 0) is 5.56 Å². The predicted molar refractivity (Wildman–Crippen MR) is 79.6 cm³/mol. The standard InChI is InChI=1S/C14H15N3O2S/c1-19-13(18)10-15-14-16-12(17-20-14)9-5-8-11-6-3-2-4-7-11/h2-8H,9-10H2,1H3,(H,15,16,17)/b8-5+. The van der Waals surface area contributed by atoms with Crippen molar-refractivity contribution in [3.8, 4) is 0 Å². The fraction of sp³-hybridized carbons (Fsp3) is 0.214. The van der Waals surface area contributed by atoms with Gasteiger partial charge in [-0.25, -0.2) is 4.98 Å². The highest BCUT2D eigenvalue weighted by Gasteiger charge is 2.04. The first-order valence-corrected chi connectivity index (χ1v) is 6.90. The average Bonchev–Trinajstić information content (AvgIpc) is 2.94. The molecule has 0 saturated carbocycles. The monoisotopic (exact) mass is 289 g/mol. The van der Waals surface area contributed by atoms with Gasteiger partial charge in [0.2, 0.25) is 5.13 Å². The molecule has 2 aromatic rings. The van der Waals surface area contributed by atoms with Crippen molar-refractivity contribution in [1.82, 2.24) is 9.36 Å². The molecule has 0 aliphatic heterocycles. The van der Waals surface area contributed by atoms with Crippen molar-refractivity contribution in [3.63, 3.8) is 0 Å². The first-order valence-electron chi connectivity index (χ1n) is 6.13. The summed E-state index contributed by atoms with van der Waals surface area (Å²) < 4.78 is 8.75. The molecule has 1 N–H and O–H groups in total. The number of anilines is 1. The zero-order chi connectivity index (χ0) is 14.2. The molecule has 0 saturated heterocycles. The number of esters is 1. The van der Waals surface area contributed by atoms with Crippen LogP contribution in [0.25, 0.3) is 6.08 Å². The molecule has 0 fully saturated rings. The number of carbonyl (C=O) groups is 1. The Morgan fingerprint density at radius 1 is 1.40 bits per heavy atom. The van der Waals surface area contributed by atoms with E-state index in [-0.39, 0.29) is 12.5 Å². The van der Waals surface area contributed by atoms with Crippen molar-refractivity contribution in [2.45, 2.75) is 6.42 Å². The topological polar surface area (TPSA) is 64.1 Å². The van der Waals surface area contributed by atoms with Crippen LogP contribution in [-0.2, 0) is 16.0 Å². The highest BCUT2D eigenvalue weighted by atomic mass is 32.1. The van der Waals surface area contributed by atoms with Gasteiger partial charge in [-0.1, -0.05) is 42.5 Å². The van der Waals surface area contributed by atoms with Crippen LogP contribution in [-0.4, -0.2) is 29.0 Å². The summed E-state index contributed by atoms with van der Waals surface area (Å²) in [6.45, 7) is 0.102. The Hall–Kier alpha value is -2.21. The summed E-state index contributed by atoms with van der Waals surface area (Å²) in [4.78, 5) is 15.3. The quantitative estimate of drug-likeness (QED) is 0.827. The van der Waals surface area contributed by atoms with E-state index < -0.39 is 0 Å². The molecule has 0 atom stereocenters. The minimum atomic E-state index is -0.328. The van der Waals surface area contributed by atoms with Gasteiger partial charge in [-0.15, -0.1) is 0 Å². The van der Waals surface area contributed by atoms with E-state index in [0.717, 1.165) is 11.4 Å². The van der Waals surface area contributed by atoms with Crippen molar-refractivity contribution in [3.05, 3.63) is 47.8 Å². The number of ether oxygens (including phenoxy) is 1. The molecule has 0 bridgehead atoms. The van der Waals surface area contributed by atoms with E-state index in [1.807, 2.05) is 42.5 Å². The highest BCUT2D eigenvalue weighted by molar-refractivity contribution is 7.09. The maximum atomic E-state index is 11.0. The molecule has 1 aromatic heterocycles. The predicted octanol–water partition coefficient (Wildman–Crippen LogP) is 2.38. The van der Waals surface area contributed by atoms with E-state index >= 15 is 0 Å². The number of rotatable bonds is 6. The lowest BCUT2D eigenvalue weighted by Crippen LogP contribution is -2.14. The molecule has 20 heavy (non-hydrogen) atoms. The molecular formula is C14H15N3O2S. The van der Waals surface area contributed by atoms with Crippen LogP contribution in [0.15, 0.2) is 36.4 Å². The fourth-order valence-electron chi connectivity index (χ4n) is 1.49. The number of hydrogen-bond donors (Lipinski definition) is 1. The van der Waals surface area contributed by atoms with Crippen LogP contribution in [0, 0.1) is 0 Å². The Labute approximate surface area is 121 Å². The van der Waals surface area contributed by atoms with Crippen LogP contribution in [0.4, 0.5) is 5.13 Å². The second kappa shape index (κ2) is 7.40. The van der Waals surface area contributed by atoms with Crippen molar-refractivity contribution in [1.29, 1.82) is 0 Å². The Morgan fingerprint density at radius 3 is 2.95 bits per heavy atom. The van der Waals surface area contributed by atoms with Gasteiger partial charge in [0.05, 0.1) is 7.11 Å². The molecule has 0 radical (unpaired) electrons. The lowest BCUT2D eigenvalue weighted by molar-refractivity contribution is -0.138. The summed E-state index contributed by atoms with van der Waals surface area (Å²) in [5, 5.41) is 3.49. The summed E-state index contributed by atoms with van der Waals surface area (Å²) >= 11 is 1.23. The number of nitrogens with zero attached hydrogens (tertiary/aromatic N) is 2. The minimum Gasteiger partial charge on any atom is -0.468 e. The molecule has 1 aromatic carbocycles. The maximum Gasteiger partial charge on any atom is 0.325 e. The second-order valence-electron chi connectivity index (χ2n) is 3.96. The molecule has 104 valence electrons. The summed E-state index contributed by atoms with van der Waals surface area (Å²) in [7, 11) is 1.35. The van der Waals surface area contributed by atoms with E-state index in [9.17, 15) is 4.79 Å². The van der Waals surface area contributed by atoms with Crippen LogP contribution in [0.3, 0.4) is 0 Å². The van der Waals surface area contributed by atoms with E-state index in [1.54, 1.807) is 0 Å². The van der Waals surface area contributed by atoms with Crippen molar-refractivity contribution in [2.24, 2.45) is 0 Å². The highest BCUT2D eigenvalue weighted by Crippen LogP contribution is 2.11. The smallest absolute Gasteiger partial charge is 0.325 e. The van der Waals surface area contributed by atoms with Crippen LogP contribution in [0.2, 0.25) is 0 Å². The molecule has 2 rings (SSSR count). The zero-order valence-electron chi connectivity index (χ0n) is 11.1. The number of carbonyl (C=O) groups excluding carboxylic acids is 1. The first-order chi connectivity index (χ1) is 9.78. The van der Waals surface area contributed by atoms with Gasteiger partial charge in [0.15, 0.2) is 0 Å². The summed E-state index contributed by atoms with van der Waals surface area (Å²) in [6, 6.07) is 10.0. The molecule has 1 heterocycles. The molecule has 6 heteroatoms. The van der Waals surface area contributed by atoms with Gasteiger partial charge in [0.1, 0.15) is 12.4 Å². The van der Waals surface area contributed by atoms with Crippen molar-refractivity contribution in [2.75, 3.05) is 19.0 Å². The third-order valence-corrected chi connectivity index (χ3v) is 3.20. The normalized spacial score (nSPS) is 10.7. The Kier molecular flexibility index (Phi) is 5.25. The van der Waals surface area contributed by atoms with Crippen molar-refractivity contribution >= 4 is 28.7 Å². The minimum absolute atomic E-state index is 0.102. The maximum absolute atomic E-state index is 11.0. The van der Waals surface area contributed by atoms with Gasteiger partial charge >= 0.3 is 5.97 Å². The third-order valence-electron chi connectivity index (χ3n) is 2.49. The van der Waals surface area contributed by atoms with Gasteiger partial charge in [-0.2, -0.15) is 4.37 Å². The molecule has 0 spiro atoms. The number of methoxy groups -OCH3 is 1. The number of benzene rings is 1. The molecule has 5 nitrogen and oxygen atoms in total. The second-order valence-corrected chi connectivity index (χ2v) is 4.71. The van der Waals surface area contributed by atoms with Crippen LogP contribution in [0.5, 0.6) is 0 Å². The summed E-state index contributed by atoms with van der Waals surface area (Å²) in [5.41, 5.74) is 1.15. The van der Waals surface area contributed by atoms with Gasteiger partial charge in [-0.3, -0.25) is 4.79 Å². The molecule has 0 unspecified atom stereocenters. The largest absolute Gasteiger partial charge is 0.468 e. The molecular weight excluding hydrogens is 274 g/mol. The number of hydrogen-bond acceptors (Lipinski definition) is 6. The number of nitrogens with one attached hydrogen (secondary N) is 1. The van der Waals surface area contributed by atoms with E-state index in [2.05, 4.69) is 19.4 Å². The van der Waals surface area contributed by atoms with E-state index in [4.69, 9.17) is 0 Å². The SMILES string of the molecule is COC(=O)CNc1nc(C/C=C/c2ccccc2)ns1. The van der Waals surface area contributed by atoms with Crippen LogP contribution < -0.4 is 5.32 Å². The average molecular weight is 289 g/mol. The summed E-state index contributed by atoms with van der Waals surface area (Å²) in [5.74, 6) is 0.403. The van der Waals surface area contributed by atoms with E-state index in [0.29, 0.717) is 11.6 Å². The summed E-state index contributed by atoms with van der Waals surface area (Å²) in [6.07, 6.45) is 4.70. The lowest BCUT2D eigenvalue weighted by atomic mass is 10.2. The van der Waals surface area contributed by atoms with Crippen LogP contribution >= 0.6 is 11.5 Å². The molecule has 0 aliphatic carbocycles. The van der Waals surface area contributed by atoms with Gasteiger partial charge in [0.25, 0.3) is 0 Å². The molecule has 0 aliphatic rings. The Morgan fingerprint density at radius 2 is 2.20 bits per heavy atom. The Bertz CT molecular complexity index is 581. The molecule has 0 amide bonds. The lowest BCUT2D eigenvalue weighted by Gasteiger charge is -1.98. The van der Waals surface area contributed by atoms with Crippen molar-refractivity contribution < 1.29 is 9.53 Å². The number of allylic oxidation sites excluding steroid dienone is 1.